The molecule has 2 aromatic heterocycles. The Balaban J connectivity index is 1.69. The SMILES string of the molecule is CC(C)(C)OC(=O)N[C@@H](Cc1c[nH]c2ccccc12)C(=O)OCCc1ccsc1. The van der Waals surface area contributed by atoms with E-state index in [-0.39, 0.29) is 6.61 Å². The zero-order chi connectivity index (χ0) is 20.9. The second-order valence-corrected chi connectivity index (χ2v) is 8.59. The first kappa shape index (κ1) is 20.9. The number of esters is 1. The van der Waals surface area contributed by atoms with Crippen LogP contribution in [0.2, 0.25) is 0 Å². The number of carbonyl (C=O) groups excluding carboxylic acids is 2. The molecule has 7 heteroatoms. The summed E-state index contributed by atoms with van der Waals surface area (Å²) in [7, 11) is 0. The zero-order valence-electron chi connectivity index (χ0n) is 16.9. The van der Waals surface area contributed by atoms with Crippen LogP contribution in [0.3, 0.4) is 0 Å². The maximum Gasteiger partial charge on any atom is 0.408 e. The van der Waals surface area contributed by atoms with Gasteiger partial charge in [-0.2, -0.15) is 11.3 Å². The number of nitrogens with one attached hydrogen (secondary N) is 2. The quantitative estimate of drug-likeness (QED) is 0.560. The fourth-order valence-electron chi connectivity index (χ4n) is 2.97. The van der Waals surface area contributed by atoms with Crippen LogP contribution >= 0.6 is 11.3 Å². The molecule has 0 spiro atoms. The van der Waals surface area contributed by atoms with Crippen LogP contribution < -0.4 is 5.32 Å². The van der Waals surface area contributed by atoms with E-state index in [9.17, 15) is 9.59 Å². The molecule has 0 unspecified atom stereocenters. The molecule has 0 bridgehead atoms. The second kappa shape index (κ2) is 9.13. The van der Waals surface area contributed by atoms with Gasteiger partial charge in [-0.1, -0.05) is 18.2 Å². The molecule has 0 saturated heterocycles. The van der Waals surface area contributed by atoms with E-state index in [1.807, 2.05) is 47.3 Å². The van der Waals surface area contributed by atoms with Crippen molar-refractivity contribution in [3.63, 3.8) is 0 Å². The van der Waals surface area contributed by atoms with Crippen molar-refractivity contribution in [2.24, 2.45) is 0 Å². The number of hydrogen-bond acceptors (Lipinski definition) is 5. The fourth-order valence-corrected chi connectivity index (χ4v) is 3.67. The van der Waals surface area contributed by atoms with Gasteiger partial charge in [0.25, 0.3) is 0 Å². The Labute approximate surface area is 174 Å². The Morgan fingerprint density at radius 3 is 2.72 bits per heavy atom. The zero-order valence-corrected chi connectivity index (χ0v) is 17.7. The molecule has 2 N–H and O–H groups in total. The van der Waals surface area contributed by atoms with Crippen molar-refractivity contribution in [1.29, 1.82) is 0 Å². The molecular formula is C22H26N2O4S. The summed E-state index contributed by atoms with van der Waals surface area (Å²) in [6.07, 6.45) is 2.16. The topological polar surface area (TPSA) is 80.4 Å². The van der Waals surface area contributed by atoms with E-state index >= 15 is 0 Å². The maximum atomic E-state index is 12.7. The number of amides is 1. The average molecular weight is 415 g/mol. The number of thiophene rings is 1. The van der Waals surface area contributed by atoms with E-state index in [1.165, 1.54) is 0 Å². The minimum Gasteiger partial charge on any atom is -0.464 e. The normalized spacial score (nSPS) is 12.5. The van der Waals surface area contributed by atoms with Gasteiger partial charge in [-0.3, -0.25) is 0 Å². The van der Waals surface area contributed by atoms with Crippen LogP contribution in [0.1, 0.15) is 31.9 Å². The number of carbonyl (C=O) groups is 2. The maximum absolute atomic E-state index is 12.7. The molecule has 3 rings (SSSR count). The van der Waals surface area contributed by atoms with E-state index in [2.05, 4.69) is 10.3 Å². The highest BCUT2D eigenvalue weighted by Gasteiger charge is 2.26. The molecule has 1 atom stereocenters. The molecule has 0 radical (unpaired) electrons. The van der Waals surface area contributed by atoms with Crippen molar-refractivity contribution in [2.75, 3.05) is 6.61 Å². The third-order valence-electron chi connectivity index (χ3n) is 4.29. The number of rotatable bonds is 7. The van der Waals surface area contributed by atoms with Crippen LogP contribution in [0.25, 0.3) is 10.9 Å². The molecule has 1 aromatic carbocycles. The molecule has 6 nitrogen and oxygen atoms in total. The lowest BCUT2D eigenvalue weighted by Gasteiger charge is -2.23. The van der Waals surface area contributed by atoms with Crippen LogP contribution in [0.15, 0.2) is 47.3 Å². The lowest BCUT2D eigenvalue weighted by molar-refractivity contribution is -0.146. The first-order chi connectivity index (χ1) is 13.8. The van der Waals surface area contributed by atoms with E-state index < -0.39 is 23.7 Å². The van der Waals surface area contributed by atoms with Crippen molar-refractivity contribution in [3.05, 3.63) is 58.4 Å². The molecular weight excluding hydrogens is 388 g/mol. The molecule has 0 saturated carbocycles. The second-order valence-electron chi connectivity index (χ2n) is 7.81. The Morgan fingerprint density at radius 1 is 1.21 bits per heavy atom. The minimum absolute atomic E-state index is 0.260. The van der Waals surface area contributed by atoms with Crippen LogP contribution in [0.5, 0.6) is 0 Å². The van der Waals surface area contributed by atoms with Crippen LogP contribution in [-0.2, 0) is 27.1 Å². The number of para-hydroxylation sites is 1. The summed E-state index contributed by atoms with van der Waals surface area (Å²) >= 11 is 1.60. The van der Waals surface area contributed by atoms with Gasteiger partial charge in [0.15, 0.2) is 0 Å². The molecule has 2 heterocycles. The minimum atomic E-state index is -0.841. The largest absolute Gasteiger partial charge is 0.464 e. The standard InChI is InChI=1S/C22H26N2O4S/c1-22(2,3)28-21(26)24-19(20(25)27-10-8-15-9-11-29-14-15)12-16-13-23-18-7-5-4-6-17(16)18/h4-7,9,11,13-14,19,23H,8,10,12H2,1-3H3,(H,24,26)/t19-/m0/s1. The van der Waals surface area contributed by atoms with E-state index in [0.717, 1.165) is 22.0 Å². The van der Waals surface area contributed by atoms with Crippen molar-refractivity contribution < 1.29 is 19.1 Å². The van der Waals surface area contributed by atoms with Gasteiger partial charge < -0.3 is 19.8 Å². The number of alkyl carbamates (subject to hydrolysis) is 1. The van der Waals surface area contributed by atoms with Gasteiger partial charge in [-0.15, -0.1) is 0 Å². The summed E-state index contributed by atoms with van der Waals surface area (Å²) in [6.45, 7) is 5.59. The first-order valence-corrected chi connectivity index (χ1v) is 10.5. The third-order valence-corrected chi connectivity index (χ3v) is 5.02. The molecule has 29 heavy (non-hydrogen) atoms. The Morgan fingerprint density at radius 2 is 2.00 bits per heavy atom. The van der Waals surface area contributed by atoms with Gasteiger partial charge in [0.2, 0.25) is 0 Å². The summed E-state index contributed by atoms with van der Waals surface area (Å²) in [6, 6.07) is 8.99. The Bertz CT molecular complexity index is 957. The van der Waals surface area contributed by atoms with Crippen molar-refractivity contribution in [2.45, 2.75) is 45.3 Å². The number of H-pyrrole nitrogens is 1. The molecule has 0 aliphatic carbocycles. The lowest BCUT2D eigenvalue weighted by atomic mass is 10.1. The average Bonchev–Trinajstić information content (AvgIpc) is 3.30. The summed E-state index contributed by atoms with van der Waals surface area (Å²) < 4.78 is 10.8. The van der Waals surface area contributed by atoms with Crippen LogP contribution in [0, 0.1) is 0 Å². The van der Waals surface area contributed by atoms with Crippen LogP contribution in [0.4, 0.5) is 4.79 Å². The third kappa shape index (κ3) is 6.09. The van der Waals surface area contributed by atoms with Crippen molar-refractivity contribution in [3.8, 4) is 0 Å². The Hall–Kier alpha value is -2.80. The van der Waals surface area contributed by atoms with Crippen LogP contribution in [-0.4, -0.2) is 35.3 Å². The summed E-state index contributed by atoms with van der Waals surface area (Å²) in [5.41, 5.74) is 2.37. The lowest BCUT2D eigenvalue weighted by Crippen LogP contribution is -2.45. The van der Waals surface area contributed by atoms with Crippen molar-refractivity contribution in [1.82, 2.24) is 10.3 Å². The van der Waals surface area contributed by atoms with E-state index in [4.69, 9.17) is 9.47 Å². The molecule has 3 aromatic rings. The Kier molecular flexibility index (Phi) is 6.59. The van der Waals surface area contributed by atoms with Gasteiger partial charge in [-0.25, -0.2) is 9.59 Å². The highest BCUT2D eigenvalue weighted by atomic mass is 32.1. The smallest absolute Gasteiger partial charge is 0.408 e. The summed E-state index contributed by atoms with van der Waals surface area (Å²) in [5.74, 6) is -0.476. The van der Waals surface area contributed by atoms with Gasteiger partial charge in [0.1, 0.15) is 11.6 Å². The number of fused-ring (bicyclic) bond motifs is 1. The van der Waals surface area contributed by atoms with Crippen molar-refractivity contribution >= 4 is 34.3 Å². The molecule has 0 aliphatic rings. The molecule has 0 fully saturated rings. The highest BCUT2D eigenvalue weighted by Crippen LogP contribution is 2.20. The number of hydrogen-bond donors (Lipinski definition) is 2. The molecule has 1 amide bonds. The summed E-state index contributed by atoms with van der Waals surface area (Å²) in [5, 5.41) is 7.69. The fraction of sp³-hybridized carbons (Fsp3) is 0.364. The van der Waals surface area contributed by atoms with Gasteiger partial charge in [0, 0.05) is 29.9 Å². The number of aromatic nitrogens is 1. The van der Waals surface area contributed by atoms with E-state index in [1.54, 1.807) is 32.1 Å². The highest BCUT2D eigenvalue weighted by molar-refractivity contribution is 7.07. The molecule has 154 valence electrons. The van der Waals surface area contributed by atoms with Gasteiger partial charge in [-0.05, 0) is 54.8 Å². The number of benzene rings is 1. The summed E-state index contributed by atoms with van der Waals surface area (Å²) in [4.78, 5) is 28.2. The predicted molar refractivity (Wildman–Crippen MR) is 114 cm³/mol. The van der Waals surface area contributed by atoms with Gasteiger partial charge in [0.05, 0.1) is 6.61 Å². The van der Waals surface area contributed by atoms with Gasteiger partial charge >= 0.3 is 12.1 Å². The number of ether oxygens (including phenoxy) is 2. The van der Waals surface area contributed by atoms with E-state index in [0.29, 0.717) is 12.8 Å². The monoisotopic (exact) mass is 414 g/mol. The molecule has 0 aliphatic heterocycles. The predicted octanol–water partition coefficient (Wildman–Crippen LogP) is 4.45. The number of aromatic amines is 1. The first-order valence-electron chi connectivity index (χ1n) is 9.54.